The average Bonchev–Trinajstić information content (AvgIpc) is 3.89. The zero-order valence-electron chi connectivity index (χ0n) is 36.3. The van der Waals surface area contributed by atoms with Crippen LogP contribution in [0.5, 0.6) is 0 Å². The highest BCUT2D eigenvalue weighted by Gasteiger charge is 2.52. The van der Waals surface area contributed by atoms with Crippen LogP contribution < -0.4 is 4.90 Å². The van der Waals surface area contributed by atoms with E-state index in [4.69, 9.17) is 4.42 Å². The van der Waals surface area contributed by atoms with E-state index >= 15 is 0 Å². The number of nitrogens with zero attached hydrogens (tertiary/aromatic N) is 2. The second-order valence-corrected chi connectivity index (χ2v) is 19.5. The van der Waals surface area contributed by atoms with Crippen molar-refractivity contribution in [2.75, 3.05) is 4.90 Å². The Morgan fingerprint density at radius 1 is 0.431 bits per heavy atom. The van der Waals surface area contributed by atoms with Gasteiger partial charge in [-0.05, 0) is 167 Å². The molecule has 0 N–H and O–H groups in total. The molecular formula is C62H48N2O. The molecule has 0 atom stereocenters. The molecule has 0 spiro atoms. The molecule has 2 heterocycles. The van der Waals surface area contributed by atoms with Gasteiger partial charge in [0, 0.05) is 50.4 Å². The highest BCUT2D eigenvalue weighted by Crippen LogP contribution is 2.62. The van der Waals surface area contributed by atoms with E-state index in [9.17, 15) is 0 Å². The fraction of sp³-hybridized carbons (Fsp3) is 0.161. The minimum absolute atomic E-state index is 0.240. The first-order valence-corrected chi connectivity index (χ1v) is 23.7. The molecule has 0 unspecified atom stereocenters. The van der Waals surface area contributed by atoms with Gasteiger partial charge in [0.25, 0.3) is 0 Å². The van der Waals surface area contributed by atoms with Gasteiger partial charge in [0.15, 0.2) is 0 Å². The maximum atomic E-state index is 6.56. The summed E-state index contributed by atoms with van der Waals surface area (Å²) in [5, 5.41) is 7.54. The van der Waals surface area contributed by atoms with Crippen molar-refractivity contribution in [3.8, 4) is 27.9 Å². The summed E-state index contributed by atoms with van der Waals surface area (Å²) in [6.07, 6.45) is 8.29. The van der Waals surface area contributed by atoms with Crippen molar-refractivity contribution in [2.24, 2.45) is 17.8 Å². The maximum Gasteiger partial charge on any atom is 0.137 e. The molecule has 0 amide bonds. The summed E-state index contributed by atoms with van der Waals surface area (Å²) < 4.78 is 9.08. The second-order valence-electron chi connectivity index (χ2n) is 19.5. The van der Waals surface area contributed by atoms with Crippen molar-refractivity contribution in [3.63, 3.8) is 0 Å². The first-order valence-electron chi connectivity index (χ1n) is 23.7. The Hall–Kier alpha value is -7.36. The summed E-state index contributed by atoms with van der Waals surface area (Å²) in [5.74, 6) is 2.58. The normalized spacial score (nSPS) is 20.2. The molecule has 0 radical (unpaired) electrons. The van der Waals surface area contributed by atoms with E-state index in [1.165, 1.54) is 99.0 Å². The Morgan fingerprint density at radius 3 is 1.77 bits per heavy atom. The summed E-state index contributed by atoms with van der Waals surface area (Å²) >= 11 is 0. The van der Waals surface area contributed by atoms with Crippen LogP contribution in [0, 0.1) is 17.8 Å². The SMILES string of the molecule is c1ccc(-c2cccc3cccc(-c4ccc(N(c5ccc6c(c5)oc5ccccc56)c5ccc6c(c5)c5c(C78CC9CC(CC(C9)C7)C8)cccc5n6-c5ccccc5)cc4)c23)cc1. The summed E-state index contributed by atoms with van der Waals surface area (Å²) in [6.45, 7) is 0. The zero-order chi connectivity index (χ0) is 42.6. The standard InChI is InChI=1S/C62H48N2O/c1-3-12-43(13-4-1)50-19-9-14-45-15-10-20-51(60(45)50)44-24-26-47(27-25-44)63(49-28-30-53-52-18-7-8-23-58(52)65-59(53)36-49)48-29-31-56-54(35-48)61-55(62-37-40-32-41(38-62)34-42(33-40)39-62)21-11-22-57(61)64(56)46-16-5-2-6-17-46/h1-31,35-36,40-42H,32-34,37-39H2. The van der Waals surface area contributed by atoms with Crippen LogP contribution in [-0.4, -0.2) is 4.57 Å². The van der Waals surface area contributed by atoms with Crippen molar-refractivity contribution in [1.29, 1.82) is 0 Å². The quantitative estimate of drug-likeness (QED) is 0.159. The molecule has 4 aliphatic rings. The van der Waals surface area contributed by atoms with Crippen LogP contribution in [0.2, 0.25) is 0 Å². The zero-order valence-corrected chi connectivity index (χ0v) is 36.3. The van der Waals surface area contributed by atoms with Crippen LogP contribution in [0.3, 0.4) is 0 Å². The van der Waals surface area contributed by atoms with Gasteiger partial charge in [0.05, 0.1) is 11.0 Å². The molecule has 0 saturated heterocycles. The van der Waals surface area contributed by atoms with Gasteiger partial charge in [-0.2, -0.15) is 0 Å². The van der Waals surface area contributed by atoms with Crippen molar-refractivity contribution in [1.82, 2.24) is 4.57 Å². The smallest absolute Gasteiger partial charge is 0.137 e. The largest absolute Gasteiger partial charge is 0.456 e. The number of aromatic nitrogens is 1. The van der Waals surface area contributed by atoms with Crippen LogP contribution >= 0.6 is 0 Å². The topological polar surface area (TPSA) is 21.3 Å². The van der Waals surface area contributed by atoms with E-state index < -0.39 is 0 Å². The van der Waals surface area contributed by atoms with Crippen LogP contribution in [0.4, 0.5) is 17.1 Å². The molecule has 9 aromatic carbocycles. The number of para-hydroxylation sites is 2. The molecule has 65 heavy (non-hydrogen) atoms. The van der Waals surface area contributed by atoms with Gasteiger partial charge in [-0.3, -0.25) is 0 Å². The monoisotopic (exact) mass is 836 g/mol. The lowest BCUT2D eigenvalue weighted by Crippen LogP contribution is -2.48. The van der Waals surface area contributed by atoms with E-state index in [0.29, 0.717) is 0 Å². The van der Waals surface area contributed by atoms with E-state index in [2.05, 4.69) is 210 Å². The number of benzene rings is 9. The molecule has 2 aromatic heterocycles. The fourth-order valence-corrected chi connectivity index (χ4v) is 13.5. The number of fused-ring (bicyclic) bond motifs is 7. The predicted molar refractivity (Wildman–Crippen MR) is 271 cm³/mol. The minimum Gasteiger partial charge on any atom is -0.456 e. The molecule has 4 bridgehead atoms. The van der Waals surface area contributed by atoms with E-state index in [-0.39, 0.29) is 5.41 Å². The first-order chi connectivity index (χ1) is 32.1. The van der Waals surface area contributed by atoms with E-state index in [1.54, 1.807) is 5.56 Å². The lowest BCUT2D eigenvalue weighted by Gasteiger charge is -2.57. The van der Waals surface area contributed by atoms with Crippen molar-refractivity contribution < 1.29 is 4.42 Å². The van der Waals surface area contributed by atoms with Crippen LogP contribution in [0.1, 0.15) is 44.1 Å². The van der Waals surface area contributed by atoms with Gasteiger partial charge < -0.3 is 13.9 Å². The van der Waals surface area contributed by atoms with Crippen LogP contribution in [0.25, 0.3) is 82.5 Å². The second kappa shape index (κ2) is 14.3. The molecular weight excluding hydrogens is 789 g/mol. The van der Waals surface area contributed by atoms with Crippen molar-refractivity contribution in [3.05, 3.63) is 206 Å². The first kappa shape index (κ1) is 37.1. The van der Waals surface area contributed by atoms with Gasteiger partial charge in [0.1, 0.15) is 11.2 Å². The average molecular weight is 837 g/mol. The third-order valence-corrected chi connectivity index (χ3v) is 15.7. The Bertz CT molecular complexity index is 3590. The Morgan fingerprint density at radius 2 is 1.03 bits per heavy atom. The van der Waals surface area contributed by atoms with E-state index in [0.717, 1.165) is 56.8 Å². The van der Waals surface area contributed by atoms with E-state index in [1.807, 2.05) is 0 Å². The third-order valence-electron chi connectivity index (χ3n) is 15.7. The molecule has 3 nitrogen and oxygen atoms in total. The summed E-state index contributed by atoms with van der Waals surface area (Å²) in [4.78, 5) is 2.44. The molecule has 4 saturated carbocycles. The Labute approximate surface area is 379 Å². The number of hydrogen-bond acceptors (Lipinski definition) is 2. The minimum atomic E-state index is 0.240. The molecule has 11 aromatic rings. The molecule has 3 heteroatoms. The van der Waals surface area contributed by atoms with Gasteiger partial charge in [-0.15, -0.1) is 0 Å². The van der Waals surface area contributed by atoms with Crippen LogP contribution in [0.15, 0.2) is 205 Å². The molecule has 312 valence electrons. The lowest BCUT2D eigenvalue weighted by molar-refractivity contribution is -0.00447. The number of rotatable bonds is 7. The Balaban J connectivity index is 0.977. The molecule has 4 aliphatic carbocycles. The number of anilines is 3. The summed E-state index contributed by atoms with van der Waals surface area (Å²) in [7, 11) is 0. The third kappa shape index (κ3) is 5.81. The highest BCUT2D eigenvalue weighted by molar-refractivity contribution is 6.13. The van der Waals surface area contributed by atoms with Gasteiger partial charge >= 0.3 is 0 Å². The molecule has 0 aliphatic heterocycles. The van der Waals surface area contributed by atoms with Crippen LogP contribution in [-0.2, 0) is 5.41 Å². The molecule has 4 fully saturated rings. The number of hydrogen-bond donors (Lipinski definition) is 0. The summed E-state index contributed by atoms with van der Waals surface area (Å²) in [5.41, 5.74) is 15.6. The number of furan rings is 1. The van der Waals surface area contributed by atoms with Gasteiger partial charge in [-0.25, -0.2) is 0 Å². The van der Waals surface area contributed by atoms with Crippen molar-refractivity contribution >= 4 is 71.6 Å². The van der Waals surface area contributed by atoms with Gasteiger partial charge in [-0.1, -0.05) is 127 Å². The molecule has 15 rings (SSSR count). The lowest BCUT2D eigenvalue weighted by atomic mass is 9.48. The van der Waals surface area contributed by atoms with Gasteiger partial charge in [0.2, 0.25) is 0 Å². The maximum absolute atomic E-state index is 6.56. The van der Waals surface area contributed by atoms with Crippen molar-refractivity contribution in [2.45, 2.75) is 43.9 Å². The highest BCUT2D eigenvalue weighted by atomic mass is 16.3. The summed E-state index contributed by atoms with van der Waals surface area (Å²) in [6, 6.07) is 73.9. The Kier molecular flexibility index (Phi) is 8.17. The fourth-order valence-electron chi connectivity index (χ4n) is 13.5. The predicted octanol–water partition coefficient (Wildman–Crippen LogP) is 17.1.